The van der Waals surface area contributed by atoms with Gasteiger partial charge in [-0.15, -0.1) is 0 Å². The van der Waals surface area contributed by atoms with Crippen LogP contribution in [0.4, 0.5) is 4.79 Å². The SMILES string of the molecule is CCOC(=O)N/N=C/c1cscc1Br. The highest BCUT2D eigenvalue weighted by Gasteiger charge is 1.98. The molecule has 0 aromatic carbocycles. The maximum Gasteiger partial charge on any atom is 0.427 e. The molecule has 0 bridgehead atoms. The van der Waals surface area contributed by atoms with Crippen LogP contribution in [0.1, 0.15) is 12.5 Å². The Morgan fingerprint density at radius 2 is 2.57 bits per heavy atom. The van der Waals surface area contributed by atoms with Gasteiger partial charge in [0.25, 0.3) is 0 Å². The third-order valence-corrected chi connectivity index (χ3v) is 3.03. The molecule has 76 valence electrons. The first-order valence-corrected chi connectivity index (χ1v) is 5.65. The van der Waals surface area contributed by atoms with E-state index in [1.54, 1.807) is 24.5 Å². The molecule has 1 amide bonds. The summed E-state index contributed by atoms with van der Waals surface area (Å²) >= 11 is 4.89. The van der Waals surface area contributed by atoms with Gasteiger partial charge in [0.2, 0.25) is 0 Å². The average molecular weight is 277 g/mol. The largest absolute Gasteiger partial charge is 0.449 e. The molecule has 0 aliphatic heterocycles. The average Bonchev–Trinajstić information content (AvgIpc) is 2.52. The standard InChI is InChI=1S/C8H9BrN2O2S/c1-2-13-8(12)11-10-3-6-4-14-5-7(6)9/h3-5H,2H2,1H3,(H,11,12)/b10-3+. The molecule has 0 saturated carbocycles. The van der Waals surface area contributed by atoms with Gasteiger partial charge in [0.1, 0.15) is 0 Å². The second kappa shape index (κ2) is 5.77. The Hall–Kier alpha value is -0.880. The lowest BCUT2D eigenvalue weighted by Gasteiger charge is -1.97. The minimum Gasteiger partial charge on any atom is -0.449 e. The van der Waals surface area contributed by atoms with Crippen LogP contribution in [0.15, 0.2) is 20.3 Å². The fraction of sp³-hybridized carbons (Fsp3) is 0.250. The smallest absolute Gasteiger partial charge is 0.427 e. The van der Waals surface area contributed by atoms with Crippen LogP contribution in [0.5, 0.6) is 0 Å². The number of hydrogen-bond donors (Lipinski definition) is 1. The van der Waals surface area contributed by atoms with E-state index in [2.05, 4.69) is 31.2 Å². The number of nitrogens with one attached hydrogen (secondary N) is 1. The van der Waals surface area contributed by atoms with Gasteiger partial charge in [0.15, 0.2) is 0 Å². The summed E-state index contributed by atoms with van der Waals surface area (Å²) in [6.45, 7) is 2.07. The molecule has 4 nitrogen and oxygen atoms in total. The molecule has 1 N–H and O–H groups in total. The van der Waals surface area contributed by atoms with Crippen LogP contribution in [0, 0.1) is 0 Å². The first kappa shape index (κ1) is 11.2. The van der Waals surface area contributed by atoms with Gasteiger partial charge in [-0.1, -0.05) is 0 Å². The topological polar surface area (TPSA) is 50.7 Å². The zero-order valence-corrected chi connectivity index (χ0v) is 9.89. The fourth-order valence-corrected chi connectivity index (χ4v) is 2.05. The number of ether oxygens (including phenoxy) is 1. The van der Waals surface area contributed by atoms with E-state index in [0.717, 1.165) is 10.0 Å². The molecule has 0 spiro atoms. The lowest BCUT2D eigenvalue weighted by molar-refractivity contribution is 0.152. The highest BCUT2D eigenvalue weighted by Crippen LogP contribution is 2.18. The summed E-state index contributed by atoms with van der Waals surface area (Å²) < 4.78 is 5.57. The van der Waals surface area contributed by atoms with Crippen molar-refractivity contribution in [2.75, 3.05) is 6.61 Å². The van der Waals surface area contributed by atoms with Crippen LogP contribution in [0.3, 0.4) is 0 Å². The van der Waals surface area contributed by atoms with Crippen molar-refractivity contribution in [2.24, 2.45) is 5.10 Å². The van der Waals surface area contributed by atoms with Crippen LogP contribution in [0.2, 0.25) is 0 Å². The summed E-state index contributed by atoms with van der Waals surface area (Å²) in [6.07, 6.45) is 1.01. The number of rotatable bonds is 3. The second-order valence-electron chi connectivity index (χ2n) is 2.27. The Morgan fingerprint density at radius 3 is 3.14 bits per heavy atom. The fourth-order valence-electron chi connectivity index (χ4n) is 0.701. The number of amides is 1. The minimum absolute atomic E-state index is 0.337. The quantitative estimate of drug-likeness (QED) is 0.682. The summed E-state index contributed by atoms with van der Waals surface area (Å²) in [6, 6.07) is 0. The molecule has 0 unspecified atom stereocenters. The number of carbonyl (C=O) groups excluding carboxylic acids is 1. The summed E-state index contributed by atoms with van der Waals surface area (Å²) in [5, 5.41) is 7.57. The molecule has 14 heavy (non-hydrogen) atoms. The van der Waals surface area contributed by atoms with E-state index in [9.17, 15) is 4.79 Å². The van der Waals surface area contributed by atoms with E-state index in [0.29, 0.717) is 6.61 Å². The van der Waals surface area contributed by atoms with Gasteiger partial charge in [-0.3, -0.25) is 0 Å². The molecule has 0 aliphatic rings. The molecule has 1 aromatic rings. The molecule has 0 radical (unpaired) electrons. The zero-order chi connectivity index (χ0) is 10.4. The van der Waals surface area contributed by atoms with Gasteiger partial charge < -0.3 is 4.74 Å². The van der Waals surface area contributed by atoms with Crippen molar-refractivity contribution >= 4 is 39.6 Å². The van der Waals surface area contributed by atoms with E-state index in [1.807, 2.05) is 10.8 Å². The van der Waals surface area contributed by atoms with Crippen LogP contribution < -0.4 is 5.43 Å². The Labute approximate surface area is 94.1 Å². The number of thiophene rings is 1. The highest BCUT2D eigenvalue weighted by molar-refractivity contribution is 9.10. The van der Waals surface area contributed by atoms with Gasteiger partial charge in [-0.25, -0.2) is 10.2 Å². The third kappa shape index (κ3) is 3.47. The predicted molar refractivity (Wildman–Crippen MR) is 59.8 cm³/mol. The van der Waals surface area contributed by atoms with E-state index in [-0.39, 0.29) is 0 Å². The summed E-state index contributed by atoms with van der Waals surface area (Å²) in [7, 11) is 0. The maximum atomic E-state index is 10.8. The first-order valence-electron chi connectivity index (χ1n) is 3.91. The van der Waals surface area contributed by atoms with Crippen LogP contribution in [0.25, 0.3) is 0 Å². The molecule has 0 atom stereocenters. The van der Waals surface area contributed by atoms with Crippen LogP contribution in [-0.2, 0) is 4.74 Å². The summed E-state index contributed by atoms with van der Waals surface area (Å²) in [4.78, 5) is 10.8. The lowest BCUT2D eigenvalue weighted by atomic mass is 10.4. The van der Waals surface area contributed by atoms with E-state index in [4.69, 9.17) is 0 Å². The Bertz CT molecular complexity index is 338. The Kier molecular flexibility index (Phi) is 4.61. The molecule has 0 aliphatic carbocycles. The molecular weight excluding hydrogens is 268 g/mol. The van der Waals surface area contributed by atoms with Gasteiger partial charge in [-0.05, 0) is 22.9 Å². The summed E-state index contributed by atoms with van der Waals surface area (Å²) in [5.74, 6) is 0. The number of carbonyl (C=O) groups is 1. The molecule has 1 aromatic heterocycles. The minimum atomic E-state index is -0.546. The van der Waals surface area contributed by atoms with Crippen LogP contribution >= 0.6 is 27.3 Å². The predicted octanol–water partition coefficient (Wildman–Crippen LogP) is 2.59. The zero-order valence-electron chi connectivity index (χ0n) is 7.49. The molecule has 1 rings (SSSR count). The van der Waals surface area contributed by atoms with Crippen molar-refractivity contribution in [3.63, 3.8) is 0 Å². The molecule has 0 saturated heterocycles. The van der Waals surface area contributed by atoms with Crippen molar-refractivity contribution < 1.29 is 9.53 Å². The lowest BCUT2D eigenvalue weighted by Crippen LogP contribution is -2.18. The number of halogens is 1. The van der Waals surface area contributed by atoms with Crippen molar-refractivity contribution in [3.8, 4) is 0 Å². The molecule has 6 heteroatoms. The summed E-state index contributed by atoms with van der Waals surface area (Å²) in [5.41, 5.74) is 3.16. The van der Waals surface area contributed by atoms with Gasteiger partial charge >= 0.3 is 6.09 Å². The molecular formula is C8H9BrN2O2S. The number of hydrogen-bond acceptors (Lipinski definition) is 4. The van der Waals surface area contributed by atoms with E-state index in [1.165, 1.54) is 0 Å². The molecule has 1 heterocycles. The van der Waals surface area contributed by atoms with E-state index < -0.39 is 6.09 Å². The number of hydrazone groups is 1. The molecule has 0 fully saturated rings. The van der Waals surface area contributed by atoms with Crippen molar-refractivity contribution in [2.45, 2.75) is 6.92 Å². The van der Waals surface area contributed by atoms with Crippen molar-refractivity contribution in [3.05, 3.63) is 20.8 Å². The maximum absolute atomic E-state index is 10.8. The van der Waals surface area contributed by atoms with Crippen molar-refractivity contribution in [1.29, 1.82) is 0 Å². The Morgan fingerprint density at radius 1 is 1.79 bits per heavy atom. The first-order chi connectivity index (χ1) is 6.74. The van der Waals surface area contributed by atoms with Crippen LogP contribution in [-0.4, -0.2) is 18.9 Å². The van der Waals surface area contributed by atoms with Gasteiger partial charge in [-0.2, -0.15) is 16.4 Å². The monoisotopic (exact) mass is 276 g/mol. The van der Waals surface area contributed by atoms with E-state index >= 15 is 0 Å². The Balaban J connectivity index is 2.42. The number of nitrogens with zero attached hydrogens (tertiary/aromatic N) is 1. The van der Waals surface area contributed by atoms with Crippen molar-refractivity contribution in [1.82, 2.24) is 5.43 Å². The third-order valence-electron chi connectivity index (χ3n) is 1.28. The van der Waals surface area contributed by atoms with Gasteiger partial charge in [0.05, 0.1) is 12.8 Å². The second-order valence-corrected chi connectivity index (χ2v) is 3.86. The normalized spacial score (nSPS) is 10.4. The highest BCUT2D eigenvalue weighted by atomic mass is 79.9. The van der Waals surface area contributed by atoms with Gasteiger partial charge in [0, 0.05) is 20.8 Å².